The molecule has 2 aliphatic heterocycles. The summed E-state index contributed by atoms with van der Waals surface area (Å²) in [7, 11) is 0. The van der Waals surface area contributed by atoms with Crippen LogP contribution in [0, 0.1) is 6.92 Å². The third-order valence-electron chi connectivity index (χ3n) is 4.96. The Morgan fingerprint density at radius 3 is 2.79 bits per heavy atom. The van der Waals surface area contributed by atoms with Crippen LogP contribution >= 0.6 is 22.9 Å². The summed E-state index contributed by atoms with van der Waals surface area (Å²) in [5.74, 6) is -1.07. The van der Waals surface area contributed by atoms with Gasteiger partial charge < -0.3 is 10.2 Å². The molecule has 8 nitrogen and oxygen atoms in total. The highest BCUT2D eigenvalue weighted by Gasteiger charge is 2.40. The van der Waals surface area contributed by atoms with E-state index in [2.05, 4.69) is 16.0 Å². The fourth-order valence-corrected chi connectivity index (χ4v) is 4.52. The van der Waals surface area contributed by atoms with Gasteiger partial charge >= 0.3 is 6.03 Å². The summed E-state index contributed by atoms with van der Waals surface area (Å²) in [5, 5.41) is 10.5. The molecule has 2 aromatic rings. The van der Waals surface area contributed by atoms with Crippen molar-refractivity contribution in [3.8, 4) is 0 Å². The fourth-order valence-electron chi connectivity index (χ4n) is 3.39. The van der Waals surface area contributed by atoms with Gasteiger partial charge in [-0.15, -0.1) is 11.3 Å². The van der Waals surface area contributed by atoms with Crippen LogP contribution < -0.4 is 16.0 Å². The van der Waals surface area contributed by atoms with E-state index >= 15 is 0 Å². The zero-order chi connectivity index (χ0) is 20.7. The number of nitrogens with one attached hydrogen (secondary N) is 3. The van der Waals surface area contributed by atoms with Gasteiger partial charge in [0.1, 0.15) is 11.0 Å². The zero-order valence-corrected chi connectivity index (χ0v) is 16.9. The lowest BCUT2D eigenvalue weighted by molar-refractivity contribution is -0.136. The monoisotopic (exact) mass is 432 g/mol. The van der Waals surface area contributed by atoms with Gasteiger partial charge in [-0.05, 0) is 31.0 Å². The van der Waals surface area contributed by atoms with Crippen molar-refractivity contribution in [2.24, 2.45) is 0 Å². The van der Waals surface area contributed by atoms with Crippen LogP contribution in [-0.2, 0) is 16.1 Å². The Morgan fingerprint density at radius 2 is 2.07 bits per heavy atom. The molecule has 0 saturated carbocycles. The predicted octanol–water partition coefficient (Wildman–Crippen LogP) is 3.11. The first kappa shape index (κ1) is 19.4. The number of urea groups is 1. The van der Waals surface area contributed by atoms with E-state index < -0.39 is 18.0 Å². The number of piperidine rings is 1. The SMILES string of the molecule is Cc1ccc(NC(=O)Nc2scc3c2CN([C@@H]2CCC(=O)NC2=O)C3=O)cc1Cl. The Hall–Kier alpha value is -2.91. The maximum absolute atomic E-state index is 12.7. The molecule has 0 unspecified atom stereocenters. The minimum Gasteiger partial charge on any atom is -0.322 e. The van der Waals surface area contributed by atoms with Gasteiger partial charge in [0.15, 0.2) is 0 Å². The standard InChI is InChI=1S/C19H17ClN4O4S/c1-9-2-3-10(6-13(9)20)21-19(28)23-17-11-7-24(18(27)12(11)8-29-17)14-4-5-15(25)22-16(14)26/h2-3,6,8,14H,4-5,7H2,1H3,(H2,21,23,28)(H,22,25,26)/t14-/m1/s1. The van der Waals surface area contributed by atoms with Gasteiger partial charge in [-0.1, -0.05) is 17.7 Å². The van der Waals surface area contributed by atoms with Crippen molar-refractivity contribution >= 4 is 57.4 Å². The number of thiophene rings is 1. The number of nitrogens with zero attached hydrogens (tertiary/aromatic N) is 1. The van der Waals surface area contributed by atoms with Gasteiger partial charge in [-0.2, -0.15) is 0 Å². The van der Waals surface area contributed by atoms with Crippen molar-refractivity contribution in [3.63, 3.8) is 0 Å². The minimum atomic E-state index is -0.686. The summed E-state index contributed by atoms with van der Waals surface area (Å²) in [6.07, 6.45) is 0.487. The van der Waals surface area contributed by atoms with Gasteiger partial charge in [0.25, 0.3) is 5.91 Å². The van der Waals surface area contributed by atoms with Gasteiger partial charge in [0.2, 0.25) is 11.8 Å². The van der Waals surface area contributed by atoms with Crippen LogP contribution in [0.15, 0.2) is 23.6 Å². The van der Waals surface area contributed by atoms with E-state index in [-0.39, 0.29) is 24.8 Å². The summed E-state index contributed by atoms with van der Waals surface area (Å²) in [5.41, 5.74) is 2.59. The fraction of sp³-hybridized carbons (Fsp3) is 0.263. The summed E-state index contributed by atoms with van der Waals surface area (Å²) < 4.78 is 0. The predicted molar refractivity (Wildman–Crippen MR) is 109 cm³/mol. The number of hydrogen-bond acceptors (Lipinski definition) is 5. The molecular formula is C19H17ClN4O4S. The first-order chi connectivity index (χ1) is 13.8. The third-order valence-corrected chi connectivity index (χ3v) is 6.30. The highest BCUT2D eigenvalue weighted by molar-refractivity contribution is 7.15. The smallest absolute Gasteiger partial charge is 0.322 e. The molecule has 2 aliphatic rings. The highest BCUT2D eigenvalue weighted by Crippen LogP contribution is 2.37. The molecule has 1 aromatic heterocycles. The van der Waals surface area contributed by atoms with Gasteiger partial charge in [-0.3, -0.25) is 25.0 Å². The Morgan fingerprint density at radius 1 is 1.28 bits per heavy atom. The molecule has 0 radical (unpaired) electrons. The van der Waals surface area contributed by atoms with E-state index in [1.54, 1.807) is 23.6 Å². The molecule has 1 atom stereocenters. The number of imide groups is 1. The molecule has 1 fully saturated rings. The number of anilines is 2. The van der Waals surface area contributed by atoms with Crippen molar-refractivity contribution in [2.45, 2.75) is 32.4 Å². The minimum absolute atomic E-state index is 0.194. The van der Waals surface area contributed by atoms with E-state index in [1.165, 1.54) is 16.2 Å². The first-order valence-corrected chi connectivity index (χ1v) is 10.2. The van der Waals surface area contributed by atoms with Crippen molar-refractivity contribution < 1.29 is 19.2 Å². The number of carbonyl (C=O) groups is 4. The Labute approximate surface area is 175 Å². The van der Waals surface area contributed by atoms with Crippen LogP contribution in [0.25, 0.3) is 0 Å². The summed E-state index contributed by atoms with van der Waals surface area (Å²) in [6, 6.07) is 4.06. The van der Waals surface area contributed by atoms with E-state index in [1.807, 2.05) is 6.92 Å². The Bertz CT molecular complexity index is 1050. The number of rotatable bonds is 3. The molecule has 0 aliphatic carbocycles. The lowest BCUT2D eigenvalue weighted by atomic mass is 10.0. The molecule has 1 saturated heterocycles. The Kier molecular flexibility index (Phi) is 5.01. The normalized spacial score (nSPS) is 18.5. The van der Waals surface area contributed by atoms with Crippen molar-refractivity contribution in [1.29, 1.82) is 0 Å². The second kappa shape index (κ2) is 7.49. The maximum Gasteiger partial charge on any atom is 0.324 e. The van der Waals surface area contributed by atoms with Gasteiger partial charge in [0.05, 0.1) is 12.1 Å². The van der Waals surface area contributed by atoms with E-state index in [0.717, 1.165) is 5.56 Å². The molecule has 0 spiro atoms. The van der Waals surface area contributed by atoms with Crippen LogP contribution in [0.2, 0.25) is 5.02 Å². The zero-order valence-electron chi connectivity index (χ0n) is 15.4. The molecule has 10 heteroatoms. The largest absolute Gasteiger partial charge is 0.324 e. The van der Waals surface area contributed by atoms with Crippen LogP contribution in [0.1, 0.15) is 34.3 Å². The number of hydrogen-bond donors (Lipinski definition) is 3. The van der Waals surface area contributed by atoms with Gasteiger partial charge in [0, 0.05) is 28.1 Å². The molecule has 0 bridgehead atoms. The summed E-state index contributed by atoms with van der Waals surface area (Å²) in [6.45, 7) is 2.07. The second-order valence-corrected chi connectivity index (χ2v) is 8.19. The molecule has 5 amide bonds. The number of carbonyl (C=O) groups excluding carboxylic acids is 4. The van der Waals surface area contributed by atoms with Crippen molar-refractivity contribution in [3.05, 3.63) is 45.3 Å². The van der Waals surface area contributed by atoms with E-state index in [9.17, 15) is 19.2 Å². The first-order valence-electron chi connectivity index (χ1n) is 8.92. The molecule has 150 valence electrons. The lowest BCUT2D eigenvalue weighted by Gasteiger charge is -2.29. The Balaban J connectivity index is 1.46. The number of aryl methyl sites for hydroxylation is 1. The molecule has 3 heterocycles. The number of amides is 5. The van der Waals surface area contributed by atoms with Crippen LogP contribution in [0.3, 0.4) is 0 Å². The van der Waals surface area contributed by atoms with E-state index in [4.69, 9.17) is 11.6 Å². The number of halogens is 1. The number of benzene rings is 1. The van der Waals surface area contributed by atoms with Crippen LogP contribution in [0.5, 0.6) is 0 Å². The maximum atomic E-state index is 12.7. The van der Waals surface area contributed by atoms with Crippen molar-refractivity contribution in [1.82, 2.24) is 10.2 Å². The summed E-state index contributed by atoms with van der Waals surface area (Å²) >= 11 is 7.33. The summed E-state index contributed by atoms with van der Waals surface area (Å²) in [4.78, 5) is 50.0. The van der Waals surface area contributed by atoms with E-state index in [0.29, 0.717) is 33.3 Å². The highest BCUT2D eigenvalue weighted by atomic mass is 35.5. The third kappa shape index (κ3) is 3.70. The topological polar surface area (TPSA) is 108 Å². The molecule has 1 aromatic carbocycles. The van der Waals surface area contributed by atoms with Crippen LogP contribution in [0.4, 0.5) is 15.5 Å². The molecular weight excluding hydrogens is 416 g/mol. The average Bonchev–Trinajstić information content (AvgIpc) is 3.19. The molecule has 3 N–H and O–H groups in total. The van der Waals surface area contributed by atoms with Crippen LogP contribution in [-0.4, -0.2) is 34.7 Å². The number of fused-ring (bicyclic) bond motifs is 1. The second-order valence-electron chi connectivity index (χ2n) is 6.90. The molecule has 4 rings (SSSR count). The van der Waals surface area contributed by atoms with Gasteiger partial charge in [-0.25, -0.2) is 4.79 Å². The van der Waals surface area contributed by atoms with Crippen molar-refractivity contribution in [2.75, 3.05) is 10.6 Å². The average molecular weight is 433 g/mol. The lowest BCUT2D eigenvalue weighted by Crippen LogP contribution is -2.52. The molecule has 29 heavy (non-hydrogen) atoms. The quantitative estimate of drug-likeness (QED) is 0.647.